The van der Waals surface area contributed by atoms with E-state index in [1.165, 1.54) is 0 Å². The van der Waals surface area contributed by atoms with Gasteiger partial charge in [0.05, 0.1) is 5.56 Å². The fourth-order valence-corrected chi connectivity index (χ4v) is 1.87. The number of nitrogens with zero attached hydrogens (tertiary/aromatic N) is 1. The normalized spacial score (nSPS) is 12.6. The van der Waals surface area contributed by atoms with E-state index in [1.807, 2.05) is 0 Å². The van der Waals surface area contributed by atoms with Crippen molar-refractivity contribution in [1.29, 1.82) is 0 Å². The summed E-state index contributed by atoms with van der Waals surface area (Å²) in [5, 5.41) is 0. The Kier molecular flexibility index (Phi) is 7.03. The molecule has 0 aromatic heterocycles. The highest BCUT2D eigenvalue weighted by atomic mass is 19.1. The molecule has 0 heterocycles. The number of amidine groups is 1. The molecule has 0 bridgehead atoms. The summed E-state index contributed by atoms with van der Waals surface area (Å²) in [4.78, 5) is 27.9. The first kappa shape index (κ1) is 19.3. The molecule has 1 aromatic carbocycles. The van der Waals surface area contributed by atoms with Crippen LogP contribution in [0.1, 0.15) is 30.6 Å². The third kappa shape index (κ3) is 4.61. The SMILES string of the molecule is CCN=C(N)C(C(=O)OCC(=O)c1c(F)cccc1F)=C(N)CC. The molecule has 0 radical (unpaired) electrons. The first-order valence-electron chi connectivity index (χ1n) is 7.26. The lowest BCUT2D eigenvalue weighted by Crippen LogP contribution is -2.28. The largest absolute Gasteiger partial charge is 0.454 e. The van der Waals surface area contributed by atoms with Crippen molar-refractivity contribution in [3.63, 3.8) is 0 Å². The van der Waals surface area contributed by atoms with Gasteiger partial charge in [0.25, 0.3) is 0 Å². The van der Waals surface area contributed by atoms with Crippen molar-refractivity contribution in [3.8, 4) is 0 Å². The number of hydrogen-bond donors (Lipinski definition) is 2. The van der Waals surface area contributed by atoms with Crippen molar-refractivity contribution in [2.45, 2.75) is 20.3 Å². The monoisotopic (exact) mass is 339 g/mol. The van der Waals surface area contributed by atoms with Crippen LogP contribution in [-0.2, 0) is 9.53 Å². The standard InChI is InChI=1S/C16H19F2N3O3/c1-3-11(19)14(15(20)21-4-2)16(23)24-8-12(22)13-9(17)6-5-7-10(13)18/h5-7H,3-4,8,19H2,1-2H3,(H2,20,21). The van der Waals surface area contributed by atoms with Crippen molar-refractivity contribution in [3.05, 3.63) is 46.7 Å². The number of carbonyl (C=O) groups excluding carboxylic acids is 2. The summed E-state index contributed by atoms with van der Waals surface area (Å²) >= 11 is 0. The number of esters is 1. The molecule has 0 amide bonds. The molecule has 130 valence electrons. The Morgan fingerprint density at radius 3 is 2.25 bits per heavy atom. The average Bonchev–Trinajstić information content (AvgIpc) is 2.53. The molecule has 0 saturated carbocycles. The van der Waals surface area contributed by atoms with E-state index < -0.39 is 35.6 Å². The number of benzene rings is 1. The fraction of sp³-hybridized carbons (Fsp3) is 0.312. The molecule has 0 aliphatic carbocycles. The molecule has 8 heteroatoms. The highest BCUT2D eigenvalue weighted by molar-refractivity contribution is 6.19. The summed E-state index contributed by atoms with van der Waals surface area (Å²) in [6.07, 6.45) is 0.306. The number of allylic oxidation sites excluding steroid dienone is 1. The van der Waals surface area contributed by atoms with Crippen molar-refractivity contribution in [2.24, 2.45) is 16.5 Å². The third-order valence-corrected chi connectivity index (χ3v) is 3.07. The van der Waals surface area contributed by atoms with E-state index in [9.17, 15) is 18.4 Å². The van der Waals surface area contributed by atoms with E-state index in [1.54, 1.807) is 13.8 Å². The number of ketones is 1. The summed E-state index contributed by atoms with van der Waals surface area (Å²) in [6, 6.07) is 2.99. The highest BCUT2D eigenvalue weighted by Gasteiger charge is 2.22. The lowest BCUT2D eigenvalue weighted by Gasteiger charge is -2.11. The second-order valence-corrected chi connectivity index (χ2v) is 4.71. The van der Waals surface area contributed by atoms with Crippen molar-refractivity contribution >= 4 is 17.6 Å². The highest BCUT2D eigenvalue weighted by Crippen LogP contribution is 2.14. The predicted molar refractivity (Wildman–Crippen MR) is 85.3 cm³/mol. The van der Waals surface area contributed by atoms with Crippen LogP contribution in [0.2, 0.25) is 0 Å². The van der Waals surface area contributed by atoms with Gasteiger partial charge < -0.3 is 16.2 Å². The molecule has 0 fully saturated rings. The van der Waals surface area contributed by atoms with Crippen molar-refractivity contribution < 1.29 is 23.1 Å². The zero-order chi connectivity index (χ0) is 18.3. The van der Waals surface area contributed by atoms with E-state index in [0.29, 0.717) is 13.0 Å². The molecule has 0 aliphatic heterocycles. The van der Waals surface area contributed by atoms with Gasteiger partial charge in [-0.2, -0.15) is 0 Å². The Balaban J connectivity index is 2.94. The molecule has 4 N–H and O–H groups in total. The van der Waals surface area contributed by atoms with Crippen molar-refractivity contribution in [1.82, 2.24) is 0 Å². The second-order valence-electron chi connectivity index (χ2n) is 4.71. The zero-order valence-electron chi connectivity index (χ0n) is 13.4. The molecule has 0 spiro atoms. The summed E-state index contributed by atoms with van der Waals surface area (Å²) < 4.78 is 31.9. The Labute approximate surface area is 138 Å². The van der Waals surface area contributed by atoms with Crippen molar-refractivity contribution in [2.75, 3.05) is 13.2 Å². The zero-order valence-corrected chi connectivity index (χ0v) is 13.4. The molecule has 1 aromatic rings. The third-order valence-electron chi connectivity index (χ3n) is 3.07. The van der Waals surface area contributed by atoms with Crippen LogP contribution in [0.25, 0.3) is 0 Å². The summed E-state index contributed by atoms with van der Waals surface area (Å²) in [5.74, 6) is -4.18. The van der Waals surface area contributed by atoms with Gasteiger partial charge >= 0.3 is 5.97 Å². The number of rotatable bonds is 7. The second kappa shape index (κ2) is 8.76. The van der Waals surface area contributed by atoms with Gasteiger partial charge in [0.15, 0.2) is 6.61 Å². The van der Waals surface area contributed by atoms with Crippen LogP contribution >= 0.6 is 0 Å². The smallest absolute Gasteiger partial charge is 0.344 e. The van der Waals surface area contributed by atoms with Crippen LogP contribution in [0.3, 0.4) is 0 Å². The first-order valence-corrected chi connectivity index (χ1v) is 7.26. The summed E-state index contributed by atoms with van der Waals surface area (Å²) in [7, 11) is 0. The van der Waals surface area contributed by atoms with Crippen LogP contribution in [-0.4, -0.2) is 30.7 Å². The lowest BCUT2D eigenvalue weighted by atomic mass is 10.1. The minimum atomic E-state index is -1.04. The van der Waals surface area contributed by atoms with Gasteiger partial charge in [0.2, 0.25) is 5.78 Å². The molecule has 0 unspecified atom stereocenters. The number of ether oxygens (including phenoxy) is 1. The van der Waals surface area contributed by atoms with Crippen LogP contribution in [0.15, 0.2) is 34.5 Å². The quantitative estimate of drug-likeness (QED) is 0.258. The number of aliphatic imine (C=N–C) groups is 1. The van der Waals surface area contributed by atoms with Gasteiger partial charge in [-0.1, -0.05) is 13.0 Å². The van der Waals surface area contributed by atoms with Gasteiger partial charge in [-0.05, 0) is 25.5 Å². The minimum absolute atomic E-state index is 0.119. The summed E-state index contributed by atoms with van der Waals surface area (Å²) in [5.41, 5.74) is 10.6. The van der Waals surface area contributed by atoms with Gasteiger partial charge in [-0.25, -0.2) is 13.6 Å². The minimum Gasteiger partial charge on any atom is -0.454 e. The lowest BCUT2D eigenvalue weighted by molar-refractivity contribution is -0.137. The van der Waals surface area contributed by atoms with Crippen LogP contribution in [0, 0.1) is 11.6 Å². The van der Waals surface area contributed by atoms with Crippen LogP contribution < -0.4 is 11.5 Å². The van der Waals surface area contributed by atoms with Gasteiger partial charge in [0, 0.05) is 12.2 Å². The average molecular weight is 339 g/mol. The van der Waals surface area contributed by atoms with Crippen LogP contribution in [0.5, 0.6) is 0 Å². The molecule has 0 aliphatic rings. The topological polar surface area (TPSA) is 108 Å². The number of Topliss-reactive ketones (excluding diaryl/α,β-unsaturated/α-hetero) is 1. The maximum Gasteiger partial charge on any atom is 0.344 e. The Hall–Kier alpha value is -2.77. The first-order chi connectivity index (χ1) is 11.3. The molecule has 0 atom stereocenters. The molecule has 1 rings (SSSR count). The van der Waals surface area contributed by atoms with Crippen LogP contribution in [0.4, 0.5) is 8.78 Å². The van der Waals surface area contributed by atoms with Gasteiger partial charge in [-0.3, -0.25) is 9.79 Å². The molecule has 6 nitrogen and oxygen atoms in total. The van der Waals surface area contributed by atoms with Gasteiger partial charge in [0.1, 0.15) is 23.0 Å². The van der Waals surface area contributed by atoms with E-state index in [0.717, 1.165) is 18.2 Å². The van der Waals surface area contributed by atoms with E-state index in [-0.39, 0.29) is 17.1 Å². The predicted octanol–water partition coefficient (Wildman–Crippen LogP) is 1.69. The maximum absolute atomic E-state index is 13.5. The molecular formula is C16H19F2N3O3. The Bertz CT molecular complexity index is 680. The maximum atomic E-state index is 13.5. The molecule has 24 heavy (non-hydrogen) atoms. The number of nitrogens with two attached hydrogens (primary N) is 2. The van der Waals surface area contributed by atoms with E-state index in [4.69, 9.17) is 16.2 Å². The molecular weight excluding hydrogens is 320 g/mol. The van der Waals surface area contributed by atoms with Gasteiger partial charge in [-0.15, -0.1) is 0 Å². The number of carbonyl (C=O) groups is 2. The van der Waals surface area contributed by atoms with E-state index >= 15 is 0 Å². The number of hydrogen-bond acceptors (Lipinski definition) is 5. The summed E-state index contributed by atoms with van der Waals surface area (Å²) in [6.45, 7) is 2.87. The Morgan fingerprint density at radius 2 is 1.75 bits per heavy atom. The Morgan fingerprint density at radius 1 is 1.17 bits per heavy atom. The fourth-order valence-electron chi connectivity index (χ4n) is 1.87. The number of halogens is 2. The van der Waals surface area contributed by atoms with E-state index in [2.05, 4.69) is 4.99 Å². The molecule has 0 saturated heterocycles.